The van der Waals surface area contributed by atoms with Gasteiger partial charge in [0.2, 0.25) is 10.0 Å². The molecule has 1 saturated carbocycles. The number of pyridine rings is 1. The summed E-state index contributed by atoms with van der Waals surface area (Å²) in [5, 5.41) is 2.10. The van der Waals surface area contributed by atoms with Gasteiger partial charge in [0.15, 0.2) is 5.65 Å². The van der Waals surface area contributed by atoms with Gasteiger partial charge in [0.1, 0.15) is 17.4 Å². The number of aryl methyl sites for hydroxylation is 1. The quantitative estimate of drug-likeness (QED) is 0.332. The third kappa shape index (κ3) is 5.63. The molecule has 0 amide bonds. The number of ether oxygens (including phenoxy) is 1. The summed E-state index contributed by atoms with van der Waals surface area (Å²) in [6.07, 6.45) is 8.94. The number of nitrogens with one attached hydrogen (secondary N) is 1. The fourth-order valence-corrected chi connectivity index (χ4v) is 8.26. The van der Waals surface area contributed by atoms with E-state index in [1.54, 1.807) is 28.8 Å². The van der Waals surface area contributed by atoms with Crippen LogP contribution in [0.5, 0.6) is 5.75 Å². The van der Waals surface area contributed by atoms with Crippen molar-refractivity contribution in [1.82, 2.24) is 24.2 Å². The molecule has 1 aromatic carbocycles. The number of piperidine rings is 1. The summed E-state index contributed by atoms with van der Waals surface area (Å²) in [5.41, 5.74) is 2.76. The normalized spacial score (nSPS) is 22.9. The average Bonchev–Trinajstić information content (AvgIpc) is 3.42. The number of benzene rings is 1. The minimum atomic E-state index is -3.36. The number of H-pyrrole nitrogens is 1. The Labute approximate surface area is 228 Å². The molecule has 2 aliphatic rings. The second kappa shape index (κ2) is 10.8. The summed E-state index contributed by atoms with van der Waals surface area (Å²) in [7, 11) is -3.36. The molecule has 1 unspecified atom stereocenters. The van der Waals surface area contributed by atoms with Crippen LogP contribution in [0.25, 0.3) is 21.9 Å². The fourth-order valence-electron chi connectivity index (χ4n) is 6.27. The van der Waals surface area contributed by atoms with Crippen LogP contribution >= 0.6 is 0 Å². The van der Waals surface area contributed by atoms with Crippen LogP contribution < -0.4 is 4.74 Å². The summed E-state index contributed by atoms with van der Waals surface area (Å²) in [6.45, 7) is 3.44. The van der Waals surface area contributed by atoms with E-state index in [0.29, 0.717) is 31.4 Å². The monoisotopic (exact) mass is 551 g/mol. The van der Waals surface area contributed by atoms with Crippen molar-refractivity contribution in [3.8, 4) is 5.75 Å². The second-order valence-electron chi connectivity index (χ2n) is 11.1. The molecule has 4 aromatic rings. The first kappa shape index (κ1) is 26.1. The highest BCUT2D eigenvalue weighted by Gasteiger charge is 2.33. The molecule has 1 aliphatic heterocycles. The highest BCUT2D eigenvalue weighted by atomic mass is 32.2. The number of hydrogen-bond acceptors (Lipinski definition) is 6. The van der Waals surface area contributed by atoms with Gasteiger partial charge in [0.05, 0.1) is 24.1 Å². The Bertz CT molecular complexity index is 1570. The molecule has 0 bridgehead atoms. The Morgan fingerprint density at radius 2 is 1.85 bits per heavy atom. The predicted octanol–water partition coefficient (Wildman–Crippen LogP) is 5.35. The zero-order valence-electron chi connectivity index (χ0n) is 22.1. The number of halogens is 1. The van der Waals surface area contributed by atoms with Crippen LogP contribution in [0.4, 0.5) is 4.39 Å². The number of aromatic amines is 1. The Balaban J connectivity index is 1.08. The van der Waals surface area contributed by atoms with Gasteiger partial charge in [0.25, 0.3) is 0 Å². The van der Waals surface area contributed by atoms with Gasteiger partial charge in [-0.3, -0.25) is 0 Å². The third-order valence-corrected chi connectivity index (χ3v) is 10.3. The summed E-state index contributed by atoms with van der Waals surface area (Å²) < 4.78 is 47.5. The van der Waals surface area contributed by atoms with Crippen LogP contribution in [-0.2, 0) is 10.0 Å². The van der Waals surface area contributed by atoms with Crippen LogP contribution in [-0.4, -0.2) is 58.1 Å². The average molecular weight is 552 g/mol. The Kier molecular flexibility index (Phi) is 7.24. The van der Waals surface area contributed by atoms with Crippen molar-refractivity contribution in [2.75, 3.05) is 25.4 Å². The molecule has 3 aromatic heterocycles. The van der Waals surface area contributed by atoms with E-state index >= 15 is 0 Å². The molecule has 0 radical (unpaired) electrons. The summed E-state index contributed by atoms with van der Waals surface area (Å²) >= 11 is 0. The van der Waals surface area contributed by atoms with E-state index in [9.17, 15) is 12.8 Å². The minimum absolute atomic E-state index is 0.130. The molecule has 39 heavy (non-hydrogen) atoms. The van der Waals surface area contributed by atoms with Gasteiger partial charge < -0.3 is 9.72 Å². The summed E-state index contributed by atoms with van der Waals surface area (Å²) in [5.74, 6) is 1.95. The lowest BCUT2D eigenvalue weighted by molar-refractivity contribution is 0.179. The van der Waals surface area contributed by atoms with E-state index in [2.05, 4.69) is 19.9 Å². The van der Waals surface area contributed by atoms with Crippen LogP contribution in [0.1, 0.15) is 56.0 Å². The van der Waals surface area contributed by atoms with Gasteiger partial charge in [-0.15, -0.1) is 0 Å². The van der Waals surface area contributed by atoms with E-state index in [4.69, 9.17) is 4.74 Å². The first-order chi connectivity index (χ1) is 18.9. The van der Waals surface area contributed by atoms with E-state index in [1.807, 2.05) is 13.0 Å². The van der Waals surface area contributed by atoms with Crippen LogP contribution in [0.2, 0.25) is 0 Å². The van der Waals surface area contributed by atoms with Gasteiger partial charge in [-0.25, -0.2) is 32.1 Å². The third-order valence-electron chi connectivity index (χ3n) is 8.26. The number of nitrogens with zero attached hydrogens (tertiary/aromatic N) is 4. The molecular weight excluding hydrogens is 517 g/mol. The van der Waals surface area contributed by atoms with Gasteiger partial charge in [-0.05, 0) is 87.6 Å². The van der Waals surface area contributed by atoms with Gasteiger partial charge in [0, 0.05) is 41.7 Å². The SMILES string of the molecule is Cc1nc2cnc3nccc3c2c(C2CCC(CS(=O)(=O)N3CCCC(COc4ccc(F)cc4)C3)CC2)[nH]1. The molecule has 6 rings (SSSR count). The first-order valence-corrected chi connectivity index (χ1v) is 15.4. The molecular formula is C29H34FN5O3S. The van der Waals surface area contributed by atoms with Crippen molar-refractivity contribution in [1.29, 1.82) is 0 Å². The smallest absolute Gasteiger partial charge is 0.214 e. The number of rotatable bonds is 7. The molecule has 2 fully saturated rings. The zero-order valence-corrected chi connectivity index (χ0v) is 23.0. The summed E-state index contributed by atoms with van der Waals surface area (Å²) in [4.78, 5) is 17.0. The molecule has 1 atom stereocenters. The molecule has 10 heteroatoms. The predicted molar refractivity (Wildman–Crippen MR) is 149 cm³/mol. The van der Waals surface area contributed by atoms with Crippen molar-refractivity contribution in [3.05, 3.63) is 60.1 Å². The number of hydrogen-bond donors (Lipinski definition) is 1. The van der Waals surface area contributed by atoms with Gasteiger partial charge >= 0.3 is 0 Å². The van der Waals surface area contributed by atoms with Crippen LogP contribution in [0.15, 0.2) is 42.7 Å². The summed E-state index contributed by atoms with van der Waals surface area (Å²) in [6, 6.07) is 7.94. The van der Waals surface area contributed by atoms with Crippen molar-refractivity contribution in [2.24, 2.45) is 11.8 Å². The molecule has 0 spiro atoms. The fraction of sp³-hybridized carbons (Fsp3) is 0.483. The zero-order chi connectivity index (χ0) is 27.0. The van der Waals surface area contributed by atoms with Crippen molar-refractivity contribution >= 4 is 32.0 Å². The molecule has 1 saturated heterocycles. The van der Waals surface area contributed by atoms with E-state index in [-0.39, 0.29) is 23.4 Å². The molecule has 1 N–H and O–H groups in total. The molecule has 1 aliphatic carbocycles. The topological polar surface area (TPSA) is 101 Å². The Morgan fingerprint density at radius 3 is 2.64 bits per heavy atom. The van der Waals surface area contributed by atoms with Crippen molar-refractivity contribution < 1.29 is 17.5 Å². The second-order valence-corrected chi connectivity index (χ2v) is 13.1. The lowest BCUT2D eigenvalue weighted by Crippen LogP contribution is -2.43. The molecule has 206 valence electrons. The maximum absolute atomic E-state index is 13.4. The standard InChI is InChI=1S/C29H34FN5O3S/c1-19-33-26-15-32-29-25(12-13-31-29)27(26)28(34-19)22-6-4-20(5-7-22)18-39(36,37)35-14-2-3-21(16-35)17-38-24-10-8-23(30)9-11-24/h8-13,15,20-22H,2-7,14,16-18H2,1H3,(H,33,34). The minimum Gasteiger partial charge on any atom is -0.493 e. The molecule has 8 nitrogen and oxygen atoms in total. The number of sulfonamides is 1. The highest BCUT2D eigenvalue weighted by molar-refractivity contribution is 7.89. The first-order valence-electron chi connectivity index (χ1n) is 13.8. The van der Waals surface area contributed by atoms with Gasteiger partial charge in [-0.1, -0.05) is 0 Å². The number of aromatic nitrogens is 4. The van der Waals surface area contributed by atoms with Gasteiger partial charge in [-0.2, -0.15) is 0 Å². The van der Waals surface area contributed by atoms with Crippen LogP contribution in [0, 0.1) is 24.6 Å². The van der Waals surface area contributed by atoms with E-state index < -0.39 is 10.0 Å². The maximum Gasteiger partial charge on any atom is 0.214 e. The van der Waals surface area contributed by atoms with E-state index in [1.165, 1.54) is 17.8 Å². The van der Waals surface area contributed by atoms with Crippen LogP contribution in [0.3, 0.4) is 0 Å². The number of fused-ring (bicyclic) bond motifs is 3. The van der Waals surface area contributed by atoms with E-state index in [0.717, 1.165) is 66.3 Å². The Hall–Kier alpha value is -3.11. The van der Waals surface area contributed by atoms with Crippen molar-refractivity contribution in [3.63, 3.8) is 0 Å². The lowest BCUT2D eigenvalue weighted by Gasteiger charge is -2.34. The van der Waals surface area contributed by atoms with Crippen molar-refractivity contribution in [2.45, 2.75) is 51.4 Å². The highest BCUT2D eigenvalue weighted by Crippen LogP contribution is 2.40. The lowest BCUT2D eigenvalue weighted by atomic mass is 9.80. The maximum atomic E-state index is 13.4. The Morgan fingerprint density at radius 1 is 1.05 bits per heavy atom. The largest absolute Gasteiger partial charge is 0.493 e. The molecule has 4 heterocycles.